The first kappa shape index (κ1) is 16.6. The molecule has 1 amide bonds. The normalized spacial score (nSPS) is 19.0. The fourth-order valence-corrected chi connectivity index (χ4v) is 3.07. The van der Waals surface area contributed by atoms with Gasteiger partial charge in [0.05, 0.1) is 12.4 Å². The Labute approximate surface area is 142 Å². The van der Waals surface area contributed by atoms with E-state index in [1.54, 1.807) is 12.4 Å². The molecular weight excluding hydrogens is 304 g/mol. The summed E-state index contributed by atoms with van der Waals surface area (Å²) >= 11 is 0. The van der Waals surface area contributed by atoms with E-state index in [-0.39, 0.29) is 11.9 Å². The highest BCUT2D eigenvalue weighted by atomic mass is 16.1. The summed E-state index contributed by atoms with van der Waals surface area (Å²) < 4.78 is 1.91. The van der Waals surface area contributed by atoms with Crippen molar-refractivity contribution in [2.45, 2.75) is 38.8 Å². The first-order chi connectivity index (χ1) is 11.6. The maximum atomic E-state index is 12.2. The maximum Gasteiger partial charge on any atom is 0.271 e. The second kappa shape index (κ2) is 7.53. The molecule has 1 N–H and O–H groups in total. The summed E-state index contributed by atoms with van der Waals surface area (Å²) in [6.45, 7) is 5.04. The molecular formula is C17H24N6O. The molecule has 2 aromatic heterocycles. The highest BCUT2D eigenvalue weighted by molar-refractivity contribution is 5.92. The second-order valence-electron chi connectivity index (χ2n) is 6.35. The second-order valence-corrected chi connectivity index (χ2v) is 6.35. The summed E-state index contributed by atoms with van der Waals surface area (Å²) in [4.78, 5) is 22.7. The number of amides is 1. The molecule has 24 heavy (non-hydrogen) atoms. The quantitative estimate of drug-likeness (QED) is 0.915. The predicted molar refractivity (Wildman–Crippen MR) is 90.4 cm³/mol. The van der Waals surface area contributed by atoms with Crippen LogP contribution in [-0.2, 0) is 13.6 Å². The van der Waals surface area contributed by atoms with Crippen LogP contribution in [0, 0.1) is 6.92 Å². The number of carbonyl (C=O) groups is 1. The van der Waals surface area contributed by atoms with Crippen LogP contribution in [0.1, 0.15) is 41.0 Å². The molecule has 1 atom stereocenters. The van der Waals surface area contributed by atoms with Gasteiger partial charge in [-0.2, -0.15) is 5.10 Å². The molecule has 0 saturated carbocycles. The molecule has 0 spiro atoms. The molecule has 1 aliphatic rings. The number of nitrogens with zero attached hydrogens (tertiary/aromatic N) is 5. The van der Waals surface area contributed by atoms with Gasteiger partial charge in [-0.3, -0.25) is 19.4 Å². The third-order valence-electron chi connectivity index (χ3n) is 4.68. The Morgan fingerprint density at radius 3 is 2.88 bits per heavy atom. The molecule has 0 bridgehead atoms. The van der Waals surface area contributed by atoms with Crippen molar-refractivity contribution in [3.8, 4) is 0 Å². The summed E-state index contributed by atoms with van der Waals surface area (Å²) in [5, 5.41) is 7.40. The Balaban J connectivity index is 1.53. The maximum absolute atomic E-state index is 12.2. The van der Waals surface area contributed by atoms with Crippen LogP contribution in [0.3, 0.4) is 0 Å². The number of aromatic nitrogens is 4. The van der Waals surface area contributed by atoms with Crippen LogP contribution in [-0.4, -0.2) is 49.7 Å². The van der Waals surface area contributed by atoms with Crippen LogP contribution in [0.2, 0.25) is 0 Å². The van der Waals surface area contributed by atoms with Gasteiger partial charge in [-0.05, 0) is 32.7 Å². The van der Waals surface area contributed by atoms with Crippen molar-refractivity contribution in [3.05, 3.63) is 41.7 Å². The molecule has 128 valence electrons. The van der Waals surface area contributed by atoms with Crippen LogP contribution in [0.5, 0.6) is 0 Å². The summed E-state index contributed by atoms with van der Waals surface area (Å²) in [7, 11) is 1.97. The first-order valence-electron chi connectivity index (χ1n) is 8.40. The summed E-state index contributed by atoms with van der Waals surface area (Å²) in [6.07, 6.45) is 9.59. The molecule has 1 fully saturated rings. The molecule has 2 aromatic rings. The monoisotopic (exact) mass is 328 g/mol. The van der Waals surface area contributed by atoms with Gasteiger partial charge in [0.1, 0.15) is 5.69 Å². The van der Waals surface area contributed by atoms with Crippen LogP contribution < -0.4 is 5.32 Å². The Bertz CT molecular complexity index is 684. The van der Waals surface area contributed by atoms with E-state index in [4.69, 9.17) is 0 Å². The molecule has 0 aliphatic carbocycles. The predicted octanol–water partition coefficient (Wildman–Crippen LogP) is 1.30. The number of hydrogen-bond donors (Lipinski definition) is 1. The van der Waals surface area contributed by atoms with Crippen LogP contribution in [0.15, 0.2) is 24.8 Å². The van der Waals surface area contributed by atoms with Gasteiger partial charge in [-0.15, -0.1) is 0 Å². The zero-order valence-electron chi connectivity index (χ0n) is 14.3. The van der Waals surface area contributed by atoms with E-state index in [1.165, 1.54) is 17.5 Å². The zero-order valence-corrected chi connectivity index (χ0v) is 14.3. The lowest BCUT2D eigenvalue weighted by molar-refractivity contribution is 0.0927. The fraction of sp³-hybridized carbons (Fsp3) is 0.529. The van der Waals surface area contributed by atoms with Gasteiger partial charge >= 0.3 is 0 Å². The van der Waals surface area contributed by atoms with E-state index in [0.29, 0.717) is 5.69 Å². The third-order valence-corrected chi connectivity index (χ3v) is 4.68. The van der Waals surface area contributed by atoms with Crippen molar-refractivity contribution in [2.75, 3.05) is 13.1 Å². The lowest BCUT2D eigenvalue weighted by Gasteiger charge is -2.20. The molecule has 0 aromatic carbocycles. The minimum atomic E-state index is -0.135. The summed E-state index contributed by atoms with van der Waals surface area (Å²) in [5.41, 5.74) is 2.87. The van der Waals surface area contributed by atoms with Crippen molar-refractivity contribution in [3.63, 3.8) is 0 Å². The molecule has 1 aliphatic heterocycles. The van der Waals surface area contributed by atoms with E-state index < -0.39 is 0 Å². The van der Waals surface area contributed by atoms with Crippen LogP contribution in [0.25, 0.3) is 0 Å². The first-order valence-corrected chi connectivity index (χ1v) is 8.40. The summed E-state index contributed by atoms with van der Waals surface area (Å²) in [5.74, 6) is -0.135. The number of carbonyl (C=O) groups excluding carboxylic acids is 1. The molecule has 7 heteroatoms. The number of nitrogens with one attached hydrogen (secondary N) is 1. The van der Waals surface area contributed by atoms with Gasteiger partial charge in [0.2, 0.25) is 0 Å². The standard InChI is InChI=1S/C17H24N6O/c1-13-14(10-20-22(13)2)12-23-8-3-4-15(5-9-23)21-17(24)16-11-18-6-7-19-16/h6-7,10-11,15H,3-5,8-9,12H2,1-2H3,(H,21,24)/t15-/m1/s1. The number of aryl methyl sites for hydroxylation is 1. The van der Waals surface area contributed by atoms with E-state index in [0.717, 1.165) is 38.9 Å². The highest BCUT2D eigenvalue weighted by Gasteiger charge is 2.20. The molecule has 1 saturated heterocycles. The Morgan fingerprint density at radius 2 is 2.17 bits per heavy atom. The van der Waals surface area contributed by atoms with Crippen molar-refractivity contribution in [1.82, 2.24) is 30.0 Å². The molecule has 0 unspecified atom stereocenters. The SMILES string of the molecule is Cc1c(CN2CCC[C@@H](NC(=O)c3cnccn3)CC2)cnn1C. The fourth-order valence-electron chi connectivity index (χ4n) is 3.07. The zero-order chi connectivity index (χ0) is 16.9. The minimum Gasteiger partial charge on any atom is -0.348 e. The van der Waals surface area contributed by atoms with E-state index in [9.17, 15) is 4.79 Å². The van der Waals surface area contributed by atoms with Crippen molar-refractivity contribution >= 4 is 5.91 Å². The molecule has 0 radical (unpaired) electrons. The Morgan fingerprint density at radius 1 is 1.29 bits per heavy atom. The van der Waals surface area contributed by atoms with Gasteiger partial charge in [0, 0.05) is 49.8 Å². The Hall–Kier alpha value is -2.28. The van der Waals surface area contributed by atoms with Gasteiger partial charge < -0.3 is 5.32 Å². The van der Waals surface area contributed by atoms with E-state index in [2.05, 4.69) is 32.2 Å². The largest absolute Gasteiger partial charge is 0.348 e. The number of likely N-dealkylation sites (tertiary alicyclic amines) is 1. The number of rotatable bonds is 4. The third kappa shape index (κ3) is 3.97. The van der Waals surface area contributed by atoms with Gasteiger partial charge in [-0.25, -0.2) is 4.98 Å². The number of hydrogen-bond acceptors (Lipinski definition) is 5. The highest BCUT2D eigenvalue weighted by Crippen LogP contribution is 2.16. The van der Waals surface area contributed by atoms with Gasteiger partial charge in [-0.1, -0.05) is 0 Å². The van der Waals surface area contributed by atoms with Gasteiger partial charge in [0.15, 0.2) is 0 Å². The molecule has 3 heterocycles. The van der Waals surface area contributed by atoms with Gasteiger partial charge in [0.25, 0.3) is 5.91 Å². The smallest absolute Gasteiger partial charge is 0.271 e. The van der Waals surface area contributed by atoms with E-state index >= 15 is 0 Å². The van der Waals surface area contributed by atoms with Crippen molar-refractivity contribution < 1.29 is 4.79 Å². The van der Waals surface area contributed by atoms with Crippen LogP contribution >= 0.6 is 0 Å². The lowest BCUT2D eigenvalue weighted by Crippen LogP contribution is -2.36. The summed E-state index contributed by atoms with van der Waals surface area (Å²) in [6, 6.07) is 0.194. The average molecular weight is 328 g/mol. The van der Waals surface area contributed by atoms with Crippen LogP contribution in [0.4, 0.5) is 0 Å². The molecule has 7 nitrogen and oxygen atoms in total. The van der Waals surface area contributed by atoms with Crippen molar-refractivity contribution in [2.24, 2.45) is 7.05 Å². The molecule has 3 rings (SSSR count). The Kier molecular flexibility index (Phi) is 5.20. The average Bonchev–Trinajstić information content (AvgIpc) is 2.78. The van der Waals surface area contributed by atoms with Crippen molar-refractivity contribution in [1.29, 1.82) is 0 Å². The lowest BCUT2D eigenvalue weighted by atomic mass is 10.1. The topological polar surface area (TPSA) is 75.9 Å². The minimum absolute atomic E-state index is 0.135. The van der Waals surface area contributed by atoms with E-state index in [1.807, 2.05) is 17.9 Å².